The van der Waals surface area contributed by atoms with Crippen molar-refractivity contribution in [3.05, 3.63) is 66.0 Å². The lowest BCUT2D eigenvalue weighted by molar-refractivity contribution is -0.510. The number of nitrogens with one attached hydrogen (secondary N) is 2. The van der Waals surface area contributed by atoms with E-state index < -0.39 is 0 Å². The van der Waals surface area contributed by atoms with Gasteiger partial charge in [-0.2, -0.15) is 10.2 Å². The topological polar surface area (TPSA) is 88.1 Å². The van der Waals surface area contributed by atoms with Gasteiger partial charge in [0, 0.05) is 17.7 Å². The molecule has 0 fully saturated rings. The van der Waals surface area contributed by atoms with Crippen LogP contribution in [0.5, 0.6) is 0 Å². The second kappa shape index (κ2) is 6.36. The van der Waals surface area contributed by atoms with Gasteiger partial charge in [0.15, 0.2) is 11.5 Å². The molecule has 0 unspecified atom stereocenters. The smallest absolute Gasteiger partial charge is 0.286 e. The first kappa shape index (κ1) is 15.9. The van der Waals surface area contributed by atoms with E-state index in [1.165, 1.54) is 5.56 Å². The quantitative estimate of drug-likeness (QED) is 0.301. The van der Waals surface area contributed by atoms with Crippen molar-refractivity contribution < 1.29 is 4.40 Å². The maximum absolute atomic E-state index is 5.57. The maximum Gasteiger partial charge on any atom is 0.286 e. The Bertz CT molecular complexity index is 1090. The summed E-state index contributed by atoms with van der Waals surface area (Å²) >= 11 is 0. The van der Waals surface area contributed by atoms with Crippen LogP contribution in [-0.2, 0) is 7.05 Å². The predicted molar refractivity (Wildman–Crippen MR) is 103 cm³/mol. The Balaban J connectivity index is 1.55. The second-order valence-corrected chi connectivity index (χ2v) is 6.25. The van der Waals surface area contributed by atoms with Crippen LogP contribution in [0.4, 0.5) is 11.6 Å². The molecule has 4 rings (SSSR count). The molecule has 0 amide bonds. The number of aromatic nitrogens is 4. The normalized spacial score (nSPS) is 11.5. The van der Waals surface area contributed by atoms with Crippen molar-refractivity contribution in [1.29, 1.82) is 0 Å². The molecule has 7 nitrogen and oxygen atoms in total. The Morgan fingerprint density at radius 1 is 1.19 bits per heavy atom. The van der Waals surface area contributed by atoms with Crippen molar-refractivity contribution in [3.8, 4) is 11.3 Å². The minimum Gasteiger partial charge on any atom is -0.384 e. The number of nitrogen functional groups attached to an aromatic ring is 1. The largest absolute Gasteiger partial charge is 0.384 e. The molecule has 4 aromatic rings. The fraction of sp³-hybridized carbons (Fsp3) is 0.105. The number of aromatic amines is 1. The minimum absolute atomic E-state index is 0.495. The van der Waals surface area contributed by atoms with Gasteiger partial charge in [0.05, 0.1) is 19.5 Å². The molecule has 4 N–H and O–H groups in total. The molecule has 130 valence electrons. The third-order valence-electron chi connectivity index (χ3n) is 4.27. The fourth-order valence-electron chi connectivity index (χ4n) is 2.93. The highest BCUT2D eigenvalue weighted by atomic mass is 15.4. The second-order valence-electron chi connectivity index (χ2n) is 6.25. The van der Waals surface area contributed by atoms with Crippen LogP contribution >= 0.6 is 0 Å². The van der Waals surface area contributed by atoms with E-state index in [0.717, 1.165) is 22.5 Å². The van der Waals surface area contributed by atoms with Crippen molar-refractivity contribution >= 4 is 23.5 Å². The molecular weight excluding hydrogens is 326 g/mol. The number of anilines is 2. The van der Waals surface area contributed by atoms with Gasteiger partial charge < -0.3 is 5.73 Å². The van der Waals surface area contributed by atoms with Gasteiger partial charge in [0.2, 0.25) is 0 Å². The highest BCUT2D eigenvalue weighted by molar-refractivity contribution is 5.81. The highest BCUT2D eigenvalue weighted by Gasteiger charge is 2.15. The van der Waals surface area contributed by atoms with Crippen LogP contribution in [0.3, 0.4) is 0 Å². The van der Waals surface area contributed by atoms with Gasteiger partial charge in [-0.25, -0.2) is 8.97 Å². The Hall–Kier alpha value is -3.61. The Labute approximate surface area is 150 Å². The average molecular weight is 346 g/mol. The van der Waals surface area contributed by atoms with Gasteiger partial charge >= 0.3 is 0 Å². The van der Waals surface area contributed by atoms with E-state index in [0.29, 0.717) is 11.6 Å². The number of hydrogen-bond donors (Lipinski definition) is 3. The number of fused-ring (bicyclic) bond motifs is 1. The lowest BCUT2D eigenvalue weighted by atomic mass is 10.1. The predicted octanol–water partition coefficient (Wildman–Crippen LogP) is 2.49. The van der Waals surface area contributed by atoms with Crippen molar-refractivity contribution in [2.45, 2.75) is 6.92 Å². The monoisotopic (exact) mass is 346 g/mol. The Morgan fingerprint density at radius 2 is 2.00 bits per heavy atom. The van der Waals surface area contributed by atoms with Crippen LogP contribution < -0.4 is 15.6 Å². The van der Waals surface area contributed by atoms with Gasteiger partial charge in [-0.15, -0.1) is 0 Å². The Morgan fingerprint density at radius 3 is 2.73 bits per heavy atom. The number of aryl methyl sites for hydroxylation is 2. The van der Waals surface area contributed by atoms with E-state index in [1.807, 2.05) is 12.1 Å². The summed E-state index contributed by atoms with van der Waals surface area (Å²) in [6.45, 7) is 2.10. The van der Waals surface area contributed by atoms with Gasteiger partial charge in [-0.1, -0.05) is 12.1 Å². The third kappa shape index (κ3) is 3.02. The molecule has 1 aromatic carbocycles. The third-order valence-corrected chi connectivity index (χ3v) is 4.27. The number of benzene rings is 1. The lowest BCUT2D eigenvalue weighted by Gasteiger charge is -1.99. The van der Waals surface area contributed by atoms with Crippen molar-refractivity contribution in [1.82, 2.24) is 14.8 Å². The summed E-state index contributed by atoms with van der Waals surface area (Å²) in [5.41, 5.74) is 14.1. The van der Waals surface area contributed by atoms with E-state index in [-0.39, 0.29) is 0 Å². The molecule has 0 aliphatic heterocycles. The number of pyridine rings is 1. The molecule has 0 radical (unpaired) electrons. The zero-order valence-corrected chi connectivity index (χ0v) is 14.6. The first-order valence-electron chi connectivity index (χ1n) is 8.28. The van der Waals surface area contributed by atoms with Crippen LogP contribution in [0.25, 0.3) is 16.9 Å². The molecule has 0 bridgehead atoms. The highest BCUT2D eigenvalue weighted by Crippen LogP contribution is 2.20. The summed E-state index contributed by atoms with van der Waals surface area (Å²) in [4.78, 5) is 0. The number of hydrogen-bond acceptors (Lipinski definition) is 4. The van der Waals surface area contributed by atoms with Crippen molar-refractivity contribution in [2.75, 3.05) is 11.2 Å². The SMILES string of the molecule is Cc1ccc2n(C)c(-c3ccc(/C=N/Nc4cc(N)[nH]n4)cc3)c[n+]2c1. The van der Waals surface area contributed by atoms with Crippen LogP contribution in [0, 0.1) is 6.92 Å². The summed E-state index contributed by atoms with van der Waals surface area (Å²) in [6, 6.07) is 14.2. The molecule has 0 saturated heterocycles. The van der Waals surface area contributed by atoms with Gasteiger partial charge in [-0.05, 0) is 36.2 Å². The van der Waals surface area contributed by atoms with Crippen molar-refractivity contribution in [2.24, 2.45) is 12.1 Å². The number of H-pyrrole nitrogens is 1. The van der Waals surface area contributed by atoms with E-state index >= 15 is 0 Å². The van der Waals surface area contributed by atoms with E-state index in [9.17, 15) is 0 Å². The van der Waals surface area contributed by atoms with Crippen LogP contribution in [-0.4, -0.2) is 21.0 Å². The Kier molecular flexibility index (Phi) is 3.89. The summed E-state index contributed by atoms with van der Waals surface area (Å²) in [7, 11) is 2.08. The first-order chi connectivity index (χ1) is 12.6. The molecular formula is C19H20N7+. The molecule has 3 aromatic heterocycles. The fourth-order valence-corrected chi connectivity index (χ4v) is 2.93. The average Bonchev–Trinajstić information content (AvgIpc) is 3.19. The molecule has 3 heterocycles. The lowest BCUT2D eigenvalue weighted by Crippen LogP contribution is -2.18. The van der Waals surface area contributed by atoms with Crippen LogP contribution in [0.2, 0.25) is 0 Å². The molecule has 26 heavy (non-hydrogen) atoms. The number of hydrazone groups is 1. The number of imidazole rings is 1. The van der Waals surface area contributed by atoms with Crippen LogP contribution in [0.1, 0.15) is 11.1 Å². The zero-order valence-electron chi connectivity index (χ0n) is 14.6. The molecule has 0 spiro atoms. The van der Waals surface area contributed by atoms with Gasteiger partial charge in [-0.3, -0.25) is 10.5 Å². The summed E-state index contributed by atoms with van der Waals surface area (Å²) < 4.78 is 4.34. The molecule has 0 atom stereocenters. The number of nitrogens with zero attached hydrogens (tertiary/aromatic N) is 4. The van der Waals surface area contributed by atoms with E-state index in [2.05, 4.69) is 80.3 Å². The standard InChI is InChI=1S/C19H20N7/c1-13-3-8-19-25(2)16(12-26(19)11-13)15-6-4-14(5-7-15)10-21-23-18-9-17(20)22-24-18/h3-12H,1-2H3,(H4,20,22,23,24)/q+1/b21-10+. The number of rotatable bonds is 4. The van der Waals surface area contributed by atoms with Gasteiger partial charge in [0.1, 0.15) is 12.0 Å². The number of nitrogens with two attached hydrogens (primary N) is 1. The summed E-state index contributed by atoms with van der Waals surface area (Å²) in [5, 5.41) is 10.8. The van der Waals surface area contributed by atoms with Crippen molar-refractivity contribution in [3.63, 3.8) is 0 Å². The zero-order chi connectivity index (χ0) is 18.1. The molecule has 0 aliphatic rings. The van der Waals surface area contributed by atoms with E-state index in [1.54, 1.807) is 12.3 Å². The molecule has 7 heteroatoms. The molecule has 0 saturated carbocycles. The minimum atomic E-state index is 0.495. The molecule has 0 aliphatic carbocycles. The first-order valence-corrected chi connectivity index (χ1v) is 8.28. The summed E-state index contributed by atoms with van der Waals surface area (Å²) in [6.07, 6.45) is 6.02. The van der Waals surface area contributed by atoms with Gasteiger partial charge in [0.25, 0.3) is 5.65 Å². The van der Waals surface area contributed by atoms with Crippen LogP contribution in [0.15, 0.2) is 60.0 Å². The summed E-state index contributed by atoms with van der Waals surface area (Å²) in [5.74, 6) is 1.08. The van der Waals surface area contributed by atoms with E-state index in [4.69, 9.17) is 5.73 Å². The maximum atomic E-state index is 5.57.